The second-order valence-electron chi connectivity index (χ2n) is 3.72. The maximum atomic E-state index is 9.49. The molecule has 2 rings (SSSR count). The van der Waals surface area contributed by atoms with E-state index in [9.17, 15) is 5.11 Å². The Morgan fingerprint density at radius 1 is 1.39 bits per heavy atom. The van der Waals surface area contributed by atoms with Crippen LogP contribution in [-0.2, 0) is 6.54 Å². The van der Waals surface area contributed by atoms with Gasteiger partial charge in [-0.25, -0.2) is 0 Å². The van der Waals surface area contributed by atoms with E-state index >= 15 is 0 Å². The number of methoxy groups -OCH3 is 1. The summed E-state index contributed by atoms with van der Waals surface area (Å²) >= 11 is 6.01. The second kappa shape index (κ2) is 5.60. The van der Waals surface area contributed by atoms with Gasteiger partial charge in [0.15, 0.2) is 11.5 Å². The number of nitrogens with zero attached hydrogens (tertiary/aromatic N) is 1. The van der Waals surface area contributed by atoms with Crippen molar-refractivity contribution in [2.24, 2.45) is 0 Å². The van der Waals surface area contributed by atoms with E-state index in [-0.39, 0.29) is 5.75 Å². The Kier molecular flexibility index (Phi) is 3.89. The molecule has 0 fully saturated rings. The lowest BCUT2D eigenvalue weighted by atomic mass is 10.2. The molecule has 2 aromatic rings. The maximum absolute atomic E-state index is 9.49. The number of hydrogen-bond acceptors (Lipinski definition) is 4. The summed E-state index contributed by atoms with van der Waals surface area (Å²) in [5, 5.41) is 13.3. The average molecular weight is 265 g/mol. The normalized spacial score (nSPS) is 10.1. The second-order valence-corrected chi connectivity index (χ2v) is 4.12. The third-order valence-corrected chi connectivity index (χ3v) is 2.82. The zero-order valence-electron chi connectivity index (χ0n) is 9.85. The highest BCUT2D eigenvalue weighted by atomic mass is 35.5. The van der Waals surface area contributed by atoms with Crippen LogP contribution in [0, 0.1) is 0 Å². The molecule has 0 spiro atoms. The minimum absolute atomic E-state index is 0.126. The van der Waals surface area contributed by atoms with Crippen LogP contribution >= 0.6 is 11.6 Å². The van der Waals surface area contributed by atoms with E-state index in [1.54, 1.807) is 30.6 Å². The molecule has 4 nitrogen and oxygen atoms in total. The molecule has 0 saturated heterocycles. The van der Waals surface area contributed by atoms with Crippen molar-refractivity contribution >= 4 is 17.3 Å². The van der Waals surface area contributed by atoms with Gasteiger partial charge >= 0.3 is 0 Å². The van der Waals surface area contributed by atoms with Crippen LogP contribution in [0.25, 0.3) is 0 Å². The fourth-order valence-electron chi connectivity index (χ4n) is 1.54. The van der Waals surface area contributed by atoms with Gasteiger partial charge in [0, 0.05) is 12.7 Å². The van der Waals surface area contributed by atoms with E-state index in [4.69, 9.17) is 16.3 Å². The fourth-order valence-corrected chi connectivity index (χ4v) is 1.71. The number of anilines is 1. The van der Waals surface area contributed by atoms with Crippen LogP contribution in [0.4, 0.5) is 5.69 Å². The number of benzene rings is 1. The molecule has 1 aromatic carbocycles. The molecule has 0 atom stereocenters. The van der Waals surface area contributed by atoms with E-state index < -0.39 is 0 Å². The molecule has 18 heavy (non-hydrogen) atoms. The summed E-state index contributed by atoms with van der Waals surface area (Å²) in [5.41, 5.74) is 1.75. The Morgan fingerprint density at radius 3 is 2.94 bits per heavy atom. The number of aromatic hydroxyl groups is 1. The van der Waals surface area contributed by atoms with Gasteiger partial charge in [-0.15, -0.1) is 0 Å². The van der Waals surface area contributed by atoms with Gasteiger partial charge in [-0.2, -0.15) is 0 Å². The van der Waals surface area contributed by atoms with Gasteiger partial charge < -0.3 is 15.2 Å². The van der Waals surface area contributed by atoms with Gasteiger partial charge in [0.05, 0.1) is 24.0 Å². The first-order valence-electron chi connectivity index (χ1n) is 5.40. The van der Waals surface area contributed by atoms with Crippen molar-refractivity contribution in [3.8, 4) is 11.5 Å². The van der Waals surface area contributed by atoms with Gasteiger partial charge in [-0.3, -0.25) is 4.98 Å². The molecule has 1 heterocycles. The molecular weight excluding hydrogens is 252 g/mol. The molecule has 0 unspecified atom stereocenters. The summed E-state index contributed by atoms with van der Waals surface area (Å²) in [6.07, 6.45) is 3.30. The number of ether oxygens (including phenoxy) is 1. The predicted molar refractivity (Wildman–Crippen MR) is 71.2 cm³/mol. The Balaban J connectivity index is 2.09. The number of rotatable bonds is 4. The minimum Gasteiger partial charge on any atom is -0.504 e. The zero-order chi connectivity index (χ0) is 13.0. The number of phenols is 1. The van der Waals surface area contributed by atoms with E-state index in [0.717, 1.165) is 11.3 Å². The summed E-state index contributed by atoms with van der Waals surface area (Å²) < 4.78 is 5.05. The van der Waals surface area contributed by atoms with Crippen molar-refractivity contribution in [3.05, 3.63) is 47.2 Å². The Morgan fingerprint density at radius 2 is 2.22 bits per heavy atom. The van der Waals surface area contributed by atoms with Crippen LogP contribution in [0.5, 0.6) is 11.5 Å². The van der Waals surface area contributed by atoms with Crippen molar-refractivity contribution < 1.29 is 9.84 Å². The zero-order valence-corrected chi connectivity index (χ0v) is 10.6. The van der Waals surface area contributed by atoms with Crippen LogP contribution in [0.3, 0.4) is 0 Å². The maximum Gasteiger partial charge on any atom is 0.160 e. The summed E-state index contributed by atoms with van der Waals surface area (Å²) in [6, 6.07) is 6.91. The van der Waals surface area contributed by atoms with Crippen molar-refractivity contribution in [1.29, 1.82) is 0 Å². The molecule has 0 aliphatic carbocycles. The highest BCUT2D eigenvalue weighted by Crippen LogP contribution is 2.27. The molecule has 5 heteroatoms. The summed E-state index contributed by atoms with van der Waals surface area (Å²) in [7, 11) is 1.52. The average Bonchev–Trinajstić information content (AvgIpc) is 2.39. The van der Waals surface area contributed by atoms with Crippen molar-refractivity contribution in [2.75, 3.05) is 12.4 Å². The van der Waals surface area contributed by atoms with Gasteiger partial charge in [0.1, 0.15) is 0 Å². The lowest BCUT2D eigenvalue weighted by molar-refractivity contribution is 0.373. The van der Waals surface area contributed by atoms with E-state index in [1.807, 2.05) is 6.07 Å². The number of hydrogen-bond donors (Lipinski definition) is 2. The number of nitrogens with one attached hydrogen (secondary N) is 1. The van der Waals surface area contributed by atoms with Crippen LogP contribution in [0.1, 0.15) is 5.56 Å². The smallest absolute Gasteiger partial charge is 0.160 e. The van der Waals surface area contributed by atoms with Gasteiger partial charge in [-0.1, -0.05) is 17.7 Å². The van der Waals surface area contributed by atoms with Gasteiger partial charge in [0.25, 0.3) is 0 Å². The Bertz CT molecular complexity index is 546. The summed E-state index contributed by atoms with van der Waals surface area (Å²) in [6.45, 7) is 0.571. The molecule has 0 radical (unpaired) electrons. The Hall–Kier alpha value is -1.94. The summed E-state index contributed by atoms with van der Waals surface area (Å²) in [5.74, 6) is 0.576. The standard InChI is InChI=1S/C13H13ClN2O2/c1-18-13-6-9(2-3-12(13)17)7-16-11-8-15-5-4-10(11)14/h2-6,8,16-17H,7H2,1H3. The quantitative estimate of drug-likeness (QED) is 0.891. The third-order valence-electron chi connectivity index (χ3n) is 2.49. The van der Waals surface area contributed by atoms with E-state index in [2.05, 4.69) is 10.3 Å². The first-order valence-corrected chi connectivity index (χ1v) is 5.78. The van der Waals surface area contributed by atoms with Gasteiger partial charge in [0.2, 0.25) is 0 Å². The highest BCUT2D eigenvalue weighted by molar-refractivity contribution is 6.33. The molecule has 0 aliphatic heterocycles. The SMILES string of the molecule is COc1cc(CNc2cnccc2Cl)ccc1O. The van der Waals surface area contributed by atoms with Crippen LogP contribution in [0.15, 0.2) is 36.7 Å². The third kappa shape index (κ3) is 2.84. The lowest BCUT2D eigenvalue weighted by Gasteiger charge is -2.09. The molecule has 0 saturated carbocycles. The monoisotopic (exact) mass is 264 g/mol. The fraction of sp³-hybridized carbons (Fsp3) is 0.154. The van der Waals surface area contributed by atoms with E-state index in [0.29, 0.717) is 17.3 Å². The molecule has 2 N–H and O–H groups in total. The lowest BCUT2D eigenvalue weighted by Crippen LogP contribution is -2.00. The molecular formula is C13H13ClN2O2. The van der Waals surface area contributed by atoms with E-state index in [1.165, 1.54) is 7.11 Å². The molecule has 94 valence electrons. The van der Waals surface area contributed by atoms with Crippen LogP contribution in [-0.4, -0.2) is 17.2 Å². The molecule has 0 amide bonds. The first-order chi connectivity index (χ1) is 8.70. The minimum atomic E-state index is 0.126. The predicted octanol–water partition coefficient (Wildman–Crippen LogP) is 3.06. The Labute approximate surface area is 110 Å². The number of pyridine rings is 1. The van der Waals surface area contributed by atoms with Gasteiger partial charge in [-0.05, 0) is 23.8 Å². The number of halogens is 1. The first kappa shape index (κ1) is 12.5. The van der Waals surface area contributed by atoms with Crippen molar-refractivity contribution in [2.45, 2.75) is 6.54 Å². The molecule has 0 aliphatic rings. The van der Waals surface area contributed by atoms with Crippen molar-refractivity contribution in [1.82, 2.24) is 4.98 Å². The number of phenolic OH excluding ortho intramolecular Hbond substituents is 1. The van der Waals surface area contributed by atoms with Crippen LogP contribution in [0.2, 0.25) is 5.02 Å². The van der Waals surface area contributed by atoms with Crippen LogP contribution < -0.4 is 10.1 Å². The highest BCUT2D eigenvalue weighted by Gasteiger charge is 2.03. The molecule has 0 bridgehead atoms. The summed E-state index contributed by atoms with van der Waals surface area (Å²) in [4.78, 5) is 3.99. The van der Waals surface area contributed by atoms with Crippen molar-refractivity contribution in [3.63, 3.8) is 0 Å². The topological polar surface area (TPSA) is 54.4 Å². The molecule has 1 aromatic heterocycles. The number of aromatic nitrogens is 1. The largest absolute Gasteiger partial charge is 0.504 e.